The van der Waals surface area contributed by atoms with E-state index in [1.807, 2.05) is 0 Å². The Balaban J connectivity index is 0.00000222. The fraction of sp³-hybridized carbons (Fsp3) is 0.333. The van der Waals surface area contributed by atoms with E-state index in [2.05, 4.69) is 12.8 Å². The lowest BCUT2D eigenvalue weighted by molar-refractivity contribution is -0.129. The van der Waals surface area contributed by atoms with Gasteiger partial charge in [-0.25, -0.2) is 23.2 Å². The fourth-order valence-corrected chi connectivity index (χ4v) is 4.33. The van der Waals surface area contributed by atoms with Crippen LogP contribution in [0.5, 0.6) is 11.5 Å². The summed E-state index contributed by atoms with van der Waals surface area (Å²) in [6, 6.07) is 11.7. The van der Waals surface area contributed by atoms with Crippen molar-refractivity contribution in [2.45, 2.75) is 4.90 Å². The van der Waals surface area contributed by atoms with Crippen molar-refractivity contribution in [2.75, 3.05) is 53.0 Å². The molecule has 1 saturated heterocycles. The zero-order valence-electron chi connectivity index (χ0n) is 19.8. The molecule has 3 rings (SSSR count). The quantitative estimate of drug-likeness (QED) is 0.298. The number of terminal acetylenes is 1. The van der Waals surface area contributed by atoms with Crippen molar-refractivity contribution in [2.24, 2.45) is 0 Å². The lowest BCUT2D eigenvalue weighted by Crippen LogP contribution is -2.49. The Hall–Kier alpha value is -3.50. The summed E-state index contributed by atoms with van der Waals surface area (Å²) < 4.78 is 38.4. The Morgan fingerprint density at radius 2 is 1.64 bits per heavy atom. The highest BCUT2D eigenvalue weighted by Gasteiger charge is 2.23. The summed E-state index contributed by atoms with van der Waals surface area (Å²) in [5.41, 5.74) is 1.54. The van der Waals surface area contributed by atoms with Crippen LogP contribution in [0.2, 0.25) is 0 Å². The third-order valence-electron chi connectivity index (χ3n) is 5.05. The maximum absolute atomic E-state index is 13.1. The van der Waals surface area contributed by atoms with E-state index in [1.54, 1.807) is 36.2 Å². The van der Waals surface area contributed by atoms with Crippen molar-refractivity contribution in [1.29, 1.82) is 0 Å². The van der Waals surface area contributed by atoms with E-state index in [1.165, 1.54) is 39.0 Å². The number of rotatable bonds is 9. The Labute approximate surface area is 212 Å². The SMILES string of the molecule is C#C.CN(CCN(CC(=O)NO)S(=O)c1ccc(Oc2ccc(F)cc2)cc1)C(=O)N1CCOCC1. The van der Waals surface area contributed by atoms with Gasteiger partial charge in [0.2, 0.25) is 0 Å². The van der Waals surface area contributed by atoms with Gasteiger partial charge in [0.05, 0.1) is 24.7 Å². The van der Waals surface area contributed by atoms with Gasteiger partial charge in [-0.05, 0) is 48.5 Å². The zero-order valence-corrected chi connectivity index (χ0v) is 20.7. The molecule has 10 nitrogen and oxygen atoms in total. The number of carbonyl (C=O) groups is 2. The average molecular weight is 521 g/mol. The summed E-state index contributed by atoms with van der Waals surface area (Å²) in [6.07, 6.45) is 8.00. The first-order valence-corrected chi connectivity index (χ1v) is 12.0. The minimum Gasteiger partial charge on any atom is -0.457 e. The van der Waals surface area contributed by atoms with Crippen LogP contribution in [0.25, 0.3) is 0 Å². The van der Waals surface area contributed by atoms with Gasteiger partial charge in [-0.2, -0.15) is 0 Å². The number of hydrogen-bond acceptors (Lipinski definition) is 6. The number of nitrogens with zero attached hydrogens (tertiary/aromatic N) is 3. The van der Waals surface area contributed by atoms with E-state index in [0.29, 0.717) is 42.7 Å². The summed E-state index contributed by atoms with van der Waals surface area (Å²) >= 11 is 0. The van der Waals surface area contributed by atoms with E-state index in [4.69, 9.17) is 14.7 Å². The van der Waals surface area contributed by atoms with Crippen LogP contribution < -0.4 is 10.2 Å². The van der Waals surface area contributed by atoms with Crippen molar-refractivity contribution in [3.05, 3.63) is 54.3 Å². The van der Waals surface area contributed by atoms with Crippen LogP contribution in [0.4, 0.5) is 9.18 Å². The number of morpholine rings is 1. The van der Waals surface area contributed by atoms with Crippen LogP contribution >= 0.6 is 0 Å². The third-order valence-corrected chi connectivity index (χ3v) is 6.50. The van der Waals surface area contributed by atoms with Crippen LogP contribution in [-0.2, 0) is 20.5 Å². The summed E-state index contributed by atoms with van der Waals surface area (Å²) in [6.45, 7) is 1.96. The van der Waals surface area contributed by atoms with Crippen molar-refractivity contribution < 1.29 is 32.9 Å². The molecule has 0 saturated carbocycles. The van der Waals surface area contributed by atoms with Gasteiger partial charge in [0.15, 0.2) is 0 Å². The average Bonchev–Trinajstić information content (AvgIpc) is 2.93. The summed E-state index contributed by atoms with van der Waals surface area (Å²) in [5.74, 6) is -0.193. The van der Waals surface area contributed by atoms with Gasteiger partial charge in [-0.3, -0.25) is 10.0 Å². The highest BCUT2D eigenvalue weighted by molar-refractivity contribution is 7.82. The number of halogens is 1. The van der Waals surface area contributed by atoms with E-state index < -0.39 is 16.9 Å². The van der Waals surface area contributed by atoms with Crippen molar-refractivity contribution in [3.63, 3.8) is 0 Å². The Morgan fingerprint density at radius 3 is 2.19 bits per heavy atom. The molecule has 1 heterocycles. The van der Waals surface area contributed by atoms with E-state index in [9.17, 15) is 18.2 Å². The molecule has 0 bridgehead atoms. The highest BCUT2D eigenvalue weighted by atomic mass is 32.2. The van der Waals surface area contributed by atoms with Crippen LogP contribution in [0.1, 0.15) is 0 Å². The molecule has 0 aromatic heterocycles. The van der Waals surface area contributed by atoms with E-state index >= 15 is 0 Å². The number of nitrogens with one attached hydrogen (secondary N) is 1. The molecule has 2 N–H and O–H groups in total. The molecule has 1 aliphatic rings. The second-order valence-corrected chi connectivity index (χ2v) is 8.96. The first-order valence-electron chi connectivity index (χ1n) is 10.9. The maximum Gasteiger partial charge on any atom is 0.319 e. The van der Waals surface area contributed by atoms with E-state index in [-0.39, 0.29) is 31.5 Å². The standard InChI is InChI=1S/C22H27FN4O6S.C2H2/c1-25(22(29)26-12-14-32-15-13-26)10-11-27(16-21(28)24-30)34(31)20-8-6-19(7-9-20)33-18-4-2-17(23)3-5-18;1-2/h2-9,30H,10-16H2,1H3,(H,24,28);1-2H. The summed E-state index contributed by atoms with van der Waals surface area (Å²) in [5, 5.41) is 8.92. The lowest BCUT2D eigenvalue weighted by Gasteiger charge is -2.32. The fourth-order valence-electron chi connectivity index (χ4n) is 3.18. The van der Waals surface area contributed by atoms with Crippen LogP contribution in [0.3, 0.4) is 0 Å². The zero-order chi connectivity index (χ0) is 26.5. The molecule has 0 radical (unpaired) electrons. The Bertz CT molecular complexity index is 1030. The third kappa shape index (κ3) is 8.62. The van der Waals surface area contributed by atoms with Crippen LogP contribution in [0, 0.1) is 18.7 Å². The summed E-state index contributed by atoms with van der Waals surface area (Å²) in [4.78, 5) is 27.9. The second-order valence-electron chi connectivity index (χ2n) is 7.48. The molecule has 0 aliphatic carbocycles. The molecule has 1 fully saturated rings. The summed E-state index contributed by atoms with van der Waals surface area (Å²) in [7, 11) is -0.119. The van der Waals surface area contributed by atoms with Crippen molar-refractivity contribution in [3.8, 4) is 24.3 Å². The molecule has 3 amide bonds. The monoisotopic (exact) mass is 520 g/mol. The number of ether oxygens (including phenoxy) is 2. The minimum absolute atomic E-state index is 0.125. The number of benzene rings is 2. The van der Waals surface area contributed by atoms with Gasteiger partial charge in [0, 0.05) is 33.2 Å². The van der Waals surface area contributed by atoms with Gasteiger partial charge in [-0.15, -0.1) is 12.8 Å². The molecule has 0 spiro atoms. The predicted octanol–water partition coefficient (Wildman–Crippen LogP) is 2.08. The molecule has 36 heavy (non-hydrogen) atoms. The van der Waals surface area contributed by atoms with Gasteiger partial charge in [-0.1, -0.05) is 0 Å². The Morgan fingerprint density at radius 1 is 1.08 bits per heavy atom. The number of hydrogen-bond donors (Lipinski definition) is 2. The van der Waals surface area contributed by atoms with Gasteiger partial charge < -0.3 is 19.3 Å². The second kappa shape index (κ2) is 14.8. The van der Waals surface area contributed by atoms with Gasteiger partial charge in [0.25, 0.3) is 5.91 Å². The lowest BCUT2D eigenvalue weighted by atomic mass is 10.3. The predicted molar refractivity (Wildman–Crippen MR) is 131 cm³/mol. The maximum atomic E-state index is 13.1. The number of hydroxylamine groups is 1. The van der Waals surface area contributed by atoms with E-state index in [0.717, 1.165) is 0 Å². The molecule has 1 atom stereocenters. The van der Waals surface area contributed by atoms with Crippen LogP contribution in [-0.4, -0.2) is 88.4 Å². The minimum atomic E-state index is -1.75. The Kier molecular flexibility index (Phi) is 11.8. The molecule has 1 aliphatic heterocycles. The van der Waals surface area contributed by atoms with Crippen LogP contribution in [0.15, 0.2) is 53.4 Å². The first-order chi connectivity index (χ1) is 17.4. The number of urea groups is 1. The smallest absolute Gasteiger partial charge is 0.319 e. The molecule has 1 unspecified atom stereocenters. The van der Waals surface area contributed by atoms with Crippen molar-refractivity contribution in [1.82, 2.24) is 19.6 Å². The number of amides is 3. The molecule has 2 aromatic carbocycles. The molecular weight excluding hydrogens is 491 g/mol. The molecule has 194 valence electrons. The largest absolute Gasteiger partial charge is 0.457 e. The number of likely N-dealkylation sites (N-methyl/N-ethyl adjacent to an activating group) is 1. The first kappa shape index (κ1) is 28.7. The van der Waals surface area contributed by atoms with Gasteiger partial charge >= 0.3 is 6.03 Å². The number of carbonyl (C=O) groups excluding carboxylic acids is 2. The topological polar surface area (TPSA) is 112 Å². The molecular formula is C24H29FN4O6S. The normalized spacial score (nSPS) is 13.8. The molecule has 2 aromatic rings. The van der Waals surface area contributed by atoms with Crippen molar-refractivity contribution >= 4 is 22.9 Å². The highest BCUT2D eigenvalue weighted by Crippen LogP contribution is 2.23. The van der Waals surface area contributed by atoms with Gasteiger partial charge in [0.1, 0.15) is 28.3 Å². The molecule has 12 heteroatoms.